The van der Waals surface area contributed by atoms with Gasteiger partial charge in [-0.05, 0) is 55.3 Å². The third-order valence-electron chi connectivity index (χ3n) is 3.43. The van der Waals surface area contributed by atoms with Crippen molar-refractivity contribution in [3.8, 4) is 0 Å². The Kier molecular flexibility index (Phi) is 6.59. The molecule has 0 aliphatic heterocycles. The van der Waals surface area contributed by atoms with E-state index in [0.717, 1.165) is 10.2 Å². The molecule has 2 aromatic rings. The Labute approximate surface area is 144 Å². The first-order valence-corrected chi connectivity index (χ1v) is 8.31. The van der Waals surface area contributed by atoms with Crippen molar-refractivity contribution in [2.75, 3.05) is 18.5 Å². The zero-order chi connectivity index (χ0) is 16.7. The number of nitrogens with one attached hydrogen (secondary N) is 1. The normalized spacial score (nSPS) is 11.8. The molecule has 3 nitrogen and oxygen atoms in total. The van der Waals surface area contributed by atoms with Gasteiger partial charge in [0.1, 0.15) is 5.82 Å². The monoisotopic (exact) mass is 379 g/mol. The molecule has 0 bridgehead atoms. The van der Waals surface area contributed by atoms with E-state index < -0.39 is 5.92 Å². The largest absolute Gasteiger partial charge is 0.466 e. The van der Waals surface area contributed by atoms with Crippen molar-refractivity contribution in [2.24, 2.45) is 0 Å². The molecule has 0 saturated heterocycles. The van der Waals surface area contributed by atoms with E-state index >= 15 is 0 Å². The average Bonchev–Trinajstić information content (AvgIpc) is 2.53. The Hall–Kier alpha value is -1.88. The fourth-order valence-corrected chi connectivity index (χ4v) is 2.58. The molecule has 1 N–H and O–H groups in total. The standard InChI is InChI=1S/C18H19BrFNO2/c1-2-23-18(22)17(13-4-3-5-15(20)12-13)10-11-21-16-8-6-14(19)7-9-16/h3-9,12,17,21H,2,10-11H2,1H3. The van der Waals surface area contributed by atoms with Gasteiger partial charge in [-0.3, -0.25) is 4.79 Å². The predicted octanol–water partition coefficient (Wildman–Crippen LogP) is 4.74. The quantitative estimate of drug-likeness (QED) is 0.706. The second-order valence-electron chi connectivity index (χ2n) is 5.08. The number of carbonyl (C=O) groups is 1. The van der Waals surface area contributed by atoms with Crippen LogP contribution in [0.3, 0.4) is 0 Å². The van der Waals surface area contributed by atoms with Gasteiger partial charge in [0.05, 0.1) is 12.5 Å². The molecule has 0 aromatic heterocycles. The number of carbonyl (C=O) groups excluding carboxylic acids is 1. The number of hydrogen-bond donors (Lipinski definition) is 1. The second-order valence-corrected chi connectivity index (χ2v) is 6.00. The van der Waals surface area contributed by atoms with E-state index in [-0.39, 0.29) is 11.8 Å². The highest BCUT2D eigenvalue weighted by molar-refractivity contribution is 9.10. The third-order valence-corrected chi connectivity index (χ3v) is 3.96. The van der Waals surface area contributed by atoms with E-state index in [2.05, 4.69) is 21.2 Å². The van der Waals surface area contributed by atoms with Crippen LogP contribution in [-0.4, -0.2) is 19.1 Å². The SMILES string of the molecule is CCOC(=O)C(CCNc1ccc(Br)cc1)c1cccc(F)c1. The maximum atomic E-state index is 13.4. The van der Waals surface area contributed by atoms with Crippen molar-refractivity contribution < 1.29 is 13.9 Å². The van der Waals surface area contributed by atoms with Gasteiger partial charge in [-0.2, -0.15) is 0 Å². The van der Waals surface area contributed by atoms with E-state index in [1.54, 1.807) is 19.1 Å². The van der Waals surface area contributed by atoms with Crippen molar-refractivity contribution >= 4 is 27.6 Å². The van der Waals surface area contributed by atoms with Gasteiger partial charge in [-0.15, -0.1) is 0 Å². The number of hydrogen-bond acceptors (Lipinski definition) is 3. The minimum Gasteiger partial charge on any atom is -0.466 e. The number of ether oxygens (including phenoxy) is 1. The Balaban J connectivity index is 2.02. The summed E-state index contributed by atoms with van der Waals surface area (Å²) in [7, 11) is 0. The smallest absolute Gasteiger partial charge is 0.313 e. The molecule has 0 aliphatic rings. The molecule has 0 heterocycles. The highest BCUT2D eigenvalue weighted by atomic mass is 79.9. The van der Waals surface area contributed by atoms with Crippen LogP contribution in [0, 0.1) is 5.82 Å². The molecule has 1 atom stereocenters. The topological polar surface area (TPSA) is 38.3 Å². The lowest BCUT2D eigenvalue weighted by Crippen LogP contribution is -2.19. The number of esters is 1. The molecule has 23 heavy (non-hydrogen) atoms. The van der Waals surface area contributed by atoms with Gasteiger partial charge < -0.3 is 10.1 Å². The first-order valence-electron chi connectivity index (χ1n) is 7.51. The lowest BCUT2D eigenvalue weighted by atomic mass is 9.95. The molecule has 0 fully saturated rings. The van der Waals surface area contributed by atoms with E-state index in [0.29, 0.717) is 25.1 Å². The van der Waals surface area contributed by atoms with Crippen LogP contribution in [0.1, 0.15) is 24.8 Å². The molecule has 0 spiro atoms. The third kappa shape index (κ3) is 5.36. The Morgan fingerprint density at radius 2 is 2.00 bits per heavy atom. The van der Waals surface area contributed by atoms with Crippen LogP contribution >= 0.6 is 15.9 Å². The zero-order valence-corrected chi connectivity index (χ0v) is 14.5. The van der Waals surface area contributed by atoms with E-state index in [1.807, 2.05) is 24.3 Å². The lowest BCUT2D eigenvalue weighted by Gasteiger charge is -2.17. The summed E-state index contributed by atoms with van der Waals surface area (Å²) in [6.45, 7) is 2.66. The minimum atomic E-state index is -0.478. The highest BCUT2D eigenvalue weighted by Crippen LogP contribution is 2.23. The van der Waals surface area contributed by atoms with E-state index in [1.165, 1.54) is 12.1 Å². The summed E-state index contributed by atoms with van der Waals surface area (Å²) in [5.74, 6) is -1.15. The molecule has 5 heteroatoms. The van der Waals surface area contributed by atoms with Gasteiger partial charge in [0.25, 0.3) is 0 Å². The van der Waals surface area contributed by atoms with Gasteiger partial charge in [0, 0.05) is 16.7 Å². The Morgan fingerprint density at radius 3 is 2.65 bits per heavy atom. The number of halogens is 2. The van der Waals surface area contributed by atoms with Crippen LogP contribution in [0.15, 0.2) is 53.0 Å². The number of rotatable bonds is 7. The van der Waals surface area contributed by atoms with Crippen LogP contribution in [0.5, 0.6) is 0 Å². The summed E-state index contributed by atoms with van der Waals surface area (Å²) < 4.78 is 19.6. The van der Waals surface area contributed by atoms with Gasteiger partial charge in [0.2, 0.25) is 0 Å². The predicted molar refractivity (Wildman–Crippen MR) is 93.0 cm³/mol. The Morgan fingerprint density at radius 1 is 1.26 bits per heavy atom. The molecule has 2 rings (SSSR count). The number of benzene rings is 2. The zero-order valence-electron chi connectivity index (χ0n) is 12.9. The summed E-state index contributed by atoms with van der Waals surface area (Å²) >= 11 is 3.39. The maximum Gasteiger partial charge on any atom is 0.313 e. The number of anilines is 1. The first-order chi connectivity index (χ1) is 11.1. The molecule has 122 valence electrons. The second kappa shape index (κ2) is 8.67. The molecule has 0 radical (unpaired) electrons. The van der Waals surface area contributed by atoms with Gasteiger partial charge in [-0.1, -0.05) is 28.1 Å². The van der Waals surface area contributed by atoms with Crippen molar-refractivity contribution in [2.45, 2.75) is 19.3 Å². The summed E-state index contributed by atoms with van der Waals surface area (Å²) in [5, 5.41) is 3.26. The molecule has 2 aromatic carbocycles. The van der Waals surface area contributed by atoms with Crippen LogP contribution in [-0.2, 0) is 9.53 Å². The van der Waals surface area contributed by atoms with Crippen molar-refractivity contribution in [1.29, 1.82) is 0 Å². The summed E-state index contributed by atoms with van der Waals surface area (Å²) in [5.41, 5.74) is 1.61. The molecule has 1 unspecified atom stereocenters. The van der Waals surface area contributed by atoms with Gasteiger partial charge >= 0.3 is 5.97 Å². The van der Waals surface area contributed by atoms with Crippen molar-refractivity contribution in [3.63, 3.8) is 0 Å². The maximum absolute atomic E-state index is 13.4. The summed E-state index contributed by atoms with van der Waals surface area (Å²) in [6, 6.07) is 13.9. The van der Waals surface area contributed by atoms with Crippen LogP contribution in [0.2, 0.25) is 0 Å². The van der Waals surface area contributed by atoms with E-state index in [4.69, 9.17) is 4.74 Å². The molecular weight excluding hydrogens is 361 g/mol. The fraction of sp³-hybridized carbons (Fsp3) is 0.278. The van der Waals surface area contributed by atoms with Gasteiger partial charge in [0.15, 0.2) is 0 Å². The van der Waals surface area contributed by atoms with Crippen molar-refractivity contribution in [3.05, 3.63) is 64.4 Å². The Bertz CT molecular complexity index is 646. The fourth-order valence-electron chi connectivity index (χ4n) is 2.32. The molecular formula is C18H19BrFNO2. The van der Waals surface area contributed by atoms with E-state index in [9.17, 15) is 9.18 Å². The van der Waals surface area contributed by atoms with Crippen molar-refractivity contribution in [1.82, 2.24) is 0 Å². The van der Waals surface area contributed by atoms with Crippen LogP contribution in [0.25, 0.3) is 0 Å². The first kappa shape index (κ1) is 17.5. The molecule has 0 amide bonds. The minimum absolute atomic E-state index is 0.310. The summed E-state index contributed by atoms with van der Waals surface area (Å²) in [4.78, 5) is 12.2. The lowest BCUT2D eigenvalue weighted by molar-refractivity contribution is -0.145. The molecule has 0 aliphatic carbocycles. The summed E-state index contributed by atoms with van der Waals surface area (Å²) in [6.07, 6.45) is 0.526. The highest BCUT2D eigenvalue weighted by Gasteiger charge is 2.22. The average molecular weight is 380 g/mol. The van der Waals surface area contributed by atoms with Crippen LogP contribution < -0.4 is 5.32 Å². The molecule has 0 saturated carbocycles. The van der Waals surface area contributed by atoms with Gasteiger partial charge in [-0.25, -0.2) is 4.39 Å². The van der Waals surface area contributed by atoms with Crippen LogP contribution in [0.4, 0.5) is 10.1 Å².